The quantitative estimate of drug-likeness (QED) is 0.777. The molecule has 1 saturated heterocycles. The molecule has 3 saturated carbocycles. The maximum Gasteiger partial charge on any atom is 0.0700 e. The van der Waals surface area contributed by atoms with E-state index in [0.717, 1.165) is 35.5 Å². The summed E-state index contributed by atoms with van der Waals surface area (Å²) in [6, 6.07) is 2.58. The van der Waals surface area contributed by atoms with Crippen LogP contribution in [0.1, 0.15) is 58.8 Å². The van der Waals surface area contributed by atoms with Crippen molar-refractivity contribution in [3.8, 4) is 6.07 Å². The summed E-state index contributed by atoms with van der Waals surface area (Å²) in [5, 5.41) is 13.4. The van der Waals surface area contributed by atoms with Crippen LogP contribution >= 0.6 is 0 Å². The van der Waals surface area contributed by atoms with E-state index in [1.807, 2.05) is 0 Å². The van der Waals surface area contributed by atoms with Crippen LogP contribution in [0.25, 0.3) is 0 Å². The molecule has 1 spiro atoms. The molecule has 22 heavy (non-hydrogen) atoms. The fourth-order valence-electron chi connectivity index (χ4n) is 6.54. The Labute approximate surface area is 134 Å². The Morgan fingerprint density at radius 3 is 2.95 bits per heavy atom. The second-order valence-corrected chi connectivity index (χ2v) is 8.95. The van der Waals surface area contributed by atoms with Crippen LogP contribution in [0.2, 0.25) is 0 Å². The van der Waals surface area contributed by atoms with Crippen molar-refractivity contribution in [2.45, 2.75) is 64.3 Å². The zero-order valence-corrected chi connectivity index (χ0v) is 14.0. The van der Waals surface area contributed by atoms with Crippen LogP contribution in [0.3, 0.4) is 0 Å². The van der Waals surface area contributed by atoms with Crippen LogP contribution in [0.15, 0.2) is 11.1 Å². The van der Waals surface area contributed by atoms with Gasteiger partial charge in [0.25, 0.3) is 0 Å². The summed E-state index contributed by atoms with van der Waals surface area (Å²) >= 11 is 0. The lowest BCUT2D eigenvalue weighted by Crippen LogP contribution is -2.31. The third-order valence-corrected chi connectivity index (χ3v) is 8.11. The highest BCUT2D eigenvalue weighted by Crippen LogP contribution is 2.84. The number of nitrogens with zero attached hydrogens (tertiary/aromatic N) is 1. The molecule has 1 aliphatic heterocycles. The summed E-state index contributed by atoms with van der Waals surface area (Å²) in [5.41, 5.74) is 4.31. The Kier molecular flexibility index (Phi) is 2.58. The van der Waals surface area contributed by atoms with Crippen molar-refractivity contribution in [3.63, 3.8) is 0 Å². The molecule has 0 aromatic heterocycles. The van der Waals surface area contributed by atoms with Crippen molar-refractivity contribution < 1.29 is 0 Å². The average Bonchev–Trinajstić information content (AvgIpc) is 3.42. The summed E-state index contributed by atoms with van der Waals surface area (Å²) in [6.45, 7) is 5.77. The van der Waals surface area contributed by atoms with E-state index in [4.69, 9.17) is 0 Å². The Morgan fingerprint density at radius 2 is 2.23 bits per heavy atom. The lowest BCUT2D eigenvalue weighted by atomic mass is 9.76. The van der Waals surface area contributed by atoms with Gasteiger partial charge in [-0.2, -0.15) is 5.26 Å². The molecule has 0 amide bonds. The first-order valence-electron chi connectivity index (χ1n) is 9.52. The standard InChI is InChI=1S/C20H28N2/c1-3-4-5-19-9-17(19)16(19)7-14-11-22-20-8-15(20)6-13(10-21)12(2)18(14)20/h13-17,22H,3-9,11H2,1-2H3. The van der Waals surface area contributed by atoms with E-state index < -0.39 is 0 Å². The van der Waals surface area contributed by atoms with E-state index in [1.54, 1.807) is 5.57 Å². The molecule has 5 rings (SSSR count). The maximum absolute atomic E-state index is 9.48. The van der Waals surface area contributed by atoms with Gasteiger partial charge in [0.2, 0.25) is 0 Å². The fourth-order valence-corrected chi connectivity index (χ4v) is 6.54. The van der Waals surface area contributed by atoms with E-state index in [-0.39, 0.29) is 5.92 Å². The van der Waals surface area contributed by atoms with Gasteiger partial charge in [0, 0.05) is 12.1 Å². The molecule has 7 atom stereocenters. The molecule has 4 fully saturated rings. The second kappa shape index (κ2) is 4.18. The van der Waals surface area contributed by atoms with E-state index in [0.29, 0.717) is 5.54 Å². The van der Waals surface area contributed by atoms with Gasteiger partial charge < -0.3 is 5.32 Å². The third kappa shape index (κ3) is 1.54. The Hall–Kier alpha value is -0.810. The van der Waals surface area contributed by atoms with E-state index >= 15 is 0 Å². The molecule has 0 aromatic rings. The average molecular weight is 296 g/mol. The highest BCUT2D eigenvalue weighted by Gasteiger charge is 2.77. The number of nitriles is 1. The van der Waals surface area contributed by atoms with Crippen LogP contribution in [0, 0.1) is 46.3 Å². The van der Waals surface area contributed by atoms with Gasteiger partial charge in [0.15, 0.2) is 0 Å². The lowest BCUT2D eigenvalue weighted by molar-refractivity contribution is 0.382. The summed E-state index contributed by atoms with van der Waals surface area (Å²) in [7, 11) is 0. The monoisotopic (exact) mass is 296 g/mol. The predicted octanol–water partition coefficient (Wildman–Crippen LogP) is 4.04. The smallest absolute Gasteiger partial charge is 0.0700 e. The summed E-state index contributed by atoms with van der Waals surface area (Å²) in [5.74, 6) is 3.84. The van der Waals surface area contributed by atoms with Crippen LogP contribution in [0.5, 0.6) is 0 Å². The molecule has 0 aromatic carbocycles. The largest absolute Gasteiger partial charge is 0.307 e. The number of hydrogen-bond donors (Lipinski definition) is 1. The summed E-state index contributed by atoms with van der Waals surface area (Å²) < 4.78 is 0. The first kappa shape index (κ1) is 13.6. The minimum atomic E-state index is 0.209. The lowest BCUT2D eigenvalue weighted by Gasteiger charge is -2.28. The van der Waals surface area contributed by atoms with Crippen LogP contribution < -0.4 is 5.32 Å². The molecule has 5 aliphatic rings. The molecular weight excluding hydrogens is 268 g/mol. The number of rotatable bonds is 5. The summed E-state index contributed by atoms with van der Waals surface area (Å²) in [6.07, 6.45) is 9.64. The first-order valence-corrected chi connectivity index (χ1v) is 9.52. The molecule has 1 N–H and O–H groups in total. The van der Waals surface area contributed by atoms with Crippen molar-refractivity contribution in [1.82, 2.24) is 5.32 Å². The predicted molar refractivity (Wildman–Crippen MR) is 86.9 cm³/mol. The highest BCUT2D eigenvalue weighted by molar-refractivity contribution is 5.46. The molecule has 1 heterocycles. The molecular formula is C20H28N2. The Balaban J connectivity index is 1.34. The molecule has 2 heteroatoms. The SMILES string of the molecule is CCCCC12CC1C2CC1CNC23CC2CC(C#N)C(C)=C13. The molecule has 0 radical (unpaired) electrons. The van der Waals surface area contributed by atoms with E-state index in [9.17, 15) is 5.26 Å². The topological polar surface area (TPSA) is 35.8 Å². The Bertz CT molecular complexity index is 599. The van der Waals surface area contributed by atoms with Gasteiger partial charge >= 0.3 is 0 Å². The van der Waals surface area contributed by atoms with Crippen molar-refractivity contribution in [3.05, 3.63) is 11.1 Å². The van der Waals surface area contributed by atoms with E-state index in [2.05, 4.69) is 25.2 Å². The van der Waals surface area contributed by atoms with Gasteiger partial charge in [-0.25, -0.2) is 0 Å². The first-order chi connectivity index (χ1) is 10.7. The van der Waals surface area contributed by atoms with Crippen LogP contribution in [-0.2, 0) is 0 Å². The molecule has 4 aliphatic carbocycles. The van der Waals surface area contributed by atoms with Gasteiger partial charge in [0.1, 0.15) is 0 Å². The molecule has 7 unspecified atom stereocenters. The highest BCUT2D eigenvalue weighted by atomic mass is 15.1. The molecule has 2 nitrogen and oxygen atoms in total. The fraction of sp³-hybridized carbons (Fsp3) is 0.850. The molecule has 0 bridgehead atoms. The minimum absolute atomic E-state index is 0.209. The Morgan fingerprint density at radius 1 is 1.36 bits per heavy atom. The van der Waals surface area contributed by atoms with Gasteiger partial charge in [-0.1, -0.05) is 25.3 Å². The number of hydrogen-bond acceptors (Lipinski definition) is 2. The number of allylic oxidation sites excluding steroid dienone is 1. The number of nitrogens with one attached hydrogen (secondary N) is 1. The van der Waals surface area contributed by atoms with Crippen molar-refractivity contribution in [2.75, 3.05) is 6.54 Å². The van der Waals surface area contributed by atoms with Gasteiger partial charge in [-0.05, 0) is 73.7 Å². The number of fused-ring (bicyclic) bond motifs is 1. The van der Waals surface area contributed by atoms with Gasteiger partial charge in [0.05, 0.1) is 12.0 Å². The third-order valence-electron chi connectivity index (χ3n) is 8.11. The van der Waals surface area contributed by atoms with Crippen LogP contribution in [-0.4, -0.2) is 12.1 Å². The summed E-state index contributed by atoms with van der Waals surface area (Å²) in [4.78, 5) is 0. The zero-order chi connectivity index (χ0) is 15.1. The molecule has 118 valence electrons. The number of unbranched alkanes of at least 4 members (excludes halogenated alkanes) is 1. The second-order valence-electron chi connectivity index (χ2n) is 8.95. The van der Waals surface area contributed by atoms with Gasteiger partial charge in [-0.3, -0.25) is 0 Å². The minimum Gasteiger partial charge on any atom is -0.307 e. The van der Waals surface area contributed by atoms with Crippen molar-refractivity contribution >= 4 is 0 Å². The van der Waals surface area contributed by atoms with Gasteiger partial charge in [-0.15, -0.1) is 0 Å². The van der Waals surface area contributed by atoms with E-state index in [1.165, 1.54) is 50.6 Å². The normalized spacial score (nSPS) is 53.4. The van der Waals surface area contributed by atoms with Crippen molar-refractivity contribution in [2.24, 2.45) is 35.0 Å². The maximum atomic E-state index is 9.48. The van der Waals surface area contributed by atoms with Crippen LogP contribution in [0.4, 0.5) is 0 Å². The zero-order valence-electron chi connectivity index (χ0n) is 14.0. The van der Waals surface area contributed by atoms with Crippen molar-refractivity contribution in [1.29, 1.82) is 5.26 Å².